The zero-order valence-corrected chi connectivity index (χ0v) is 14.8. The summed E-state index contributed by atoms with van der Waals surface area (Å²) in [6, 6.07) is 14.1. The summed E-state index contributed by atoms with van der Waals surface area (Å²) in [7, 11) is 1.69. The van der Waals surface area contributed by atoms with Crippen molar-refractivity contribution in [2.24, 2.45) is 17.8 Å². The van der Waals surface area contributed by atoms with Crippen molar-refractivity contribution in [2.75, 3.05) is 12.4 Å². The molecule has 2 bridgehead atoms. The Kier molecular flexibility index (Phi) is 3.49. The average molecular weight is 349 g/mol. The third kappa shape index (κ3) is 2.17. The van der Waals surface area contributed by atoms with Gasteiger partial charge in [-0.25, -0.2) is 4.79 Å². The third-order valence-electron chi connectivity index (χ3n) is 6.80. The van der Waals surface area contributed by atoms with Crippen LogP contribution in [-0.2, 0) is 0 Å². The molecule has 2 aliphatic carbocycles. The maximum atomic E-state index is 11.8. The van der Waals surface area contributed by atoms with E-state index in [-0.39, 0.29) is 6.04 Å². The maximum Gasteiger partial charge on any atom is 0.337 e. The number of benzene rings is 2. The maximum absolute atomic E-state index is 11.8. The van der Waals surface area contributed by atoms with Crippen LogP contribution in [0.15, 0.2) is 42.5 Å². The molecule has 2 saturated carbocycles. The van der Waals surface area contributed by atoms with Gasteiger partial charge in [0.1, 0.15) is 5.75 Å². The Morgan fingerprint density at radius 2 is 1.96 bits per heavy atom. The topological polar surface area (TPSA) is 58.6 Å². The van der Waals surface area contributed by atoms with Gasteiger partial charge >= 0.3 is 5.97 Å². The average Bonchev–Trinajstić information content (AvgIpc) is 3.29. The number of hydrogen-bond donors (Lipinski definition) is 2. The van der Waals surface area contributed by atoms with Gasteiger partial charge in [-0.05, 0) is 72.3 Å². The van der Waals surface area contributed by atoms with Crippen LogP contribution >= 0.6 is 0 Å². The molecule has 4 heteroatoms. The van der Waals surface area contributed by atoms with Crippen molar-refractivity contribution in [2.45, 2.75) is 31.2 Å². The summed E-state index contributed by atoms with van der Waals surface area (Å²) in [4.78, 5) is 11.8. The quantitative estimate of drug-likeness (QED) is 0.844. The molecule has 0 aromatic heterocycles. The van der Waals surface area contributed by atoms with Crippen molar-refractivity contribution in [1.82, 2.24) is 0 Å². The molecular formula is C22H23NO3. The molecular weight excluding hydrogens is 326 g/mol. The van der Waals surface area contributed by atoms with Gasteiger partial charge in [0.2, 0.25) is 0 Å². The second-order valence-electron chi connectivity index (χ2n) is 7.91. The highest BCUT2D eigenvalue weighted by atomic mass is 16.5. The lowest BCUT2D eigenvalue weighted by atomic mass is 9.67. The predicted octanol–water partition coefficient (Wildman–Crippen LogP) is 4.69. The summed E-state index contributed by atoms with van der Waals surface area (Å²) >= 11 is 0. The standard InChI is InChI=1S/C22H23NO3/c1-26-15-5-2-4-14(11-15)20-19-13-9-8-12(10-13)18(19)16-6-3-7-17(22(24)25)21(16)23-20/h2-7,11-13,18-20,23H,8-10H2,1H3,(H,24,25)/t12-,13+,18+,19+,20-/m0/s1. The van der Waals surface area contributed by atoms with Crippen molar-refractivity contribution < 1.29 is 14.6 Å². The van der Waals surface area contributed by atoms with E-state index in [1.807, 2.05) is 18.2 Å². The molecule has 3 aliphatic rings. The van der Waals surface area contributed by atoms with E-state index in [1.54, 1.807) is 13.2 Å². The van der Waals surface area contributed by atoms with Crippen LogP contribution < -0.4 is 10.1 Å². The normalized spacial score (nSPS) is 31.0. The lowest BCUT2D eigenvalue weighted by Crippen LogP contribution is -2.36. The van der Waals surface area contributed by atoms with E-state index in [2.05, 4.69) is 23.5 Å². The SMILES string of the molecule is COc1cccc([C@@H]2Nc3c(C(=O)O)cccc3[C@H]3[C@H]4CC[C@H](C4)[C@H]32)c1. The first-order chi connectivity index (χ1) is 12.7. The van der Waals surface area contributed by atoms with E-state index in [0.29, 0.717) is 23.3 Å². The minimum Gasteiger partial charge on any atom is -0.497 e. The molecule has 0 radical (unpaired) electrons. The zero-order valence-electron chi connectivity index (χ0n) is 14.8. The summed E-state index contributed by atoms with van der Waals surface area (Å²) in [5, 5.41) is 13.3. The fraction of sp³-hybridized carbons (Fsp3) is 0.409. The van der Waals surface area contributed by atoms with Crippen LogP contribution in [-0.4, -0.2) is 18.2 Å². The number of hydrogen-bond acceptors (Lipinski definition) is 3. The van der Waals surface area contributed by atoms with Crippen LogP contribution in [0.5, 0.6) is 5.75 Å². The molecule has 5 atom stereocenters. The summed E-state index contributed by atoms with van der Waals surface area (Å²) < 4.78 is 5.43. The number of anilines is 1. The minimum absolute atomic E-state index is 0.137. The first-order valence-corrected chi connectivity index (χ1v) is 9.44. The third-order valence-corrected chi connectivity index (χ3v) is 6.80. The Labute approximate surface area is 153 Å². The van der Waals surface area contributed by atoms with Crippen LogP contribution in [0.25, 0.3) is 0 Å². The van der Waals surface area contributed by atoms with Crippen LogP contribution in [0.3, 0.4) is 0 Å². The first kappa shape index (κ1) is 15.7. The first-order valence-electron chi connectivity index (χ1n) is 9.44. The Morgan fingerprint density at radius 3 is 2.77 bits per heavy atom. The number of fused-ring (bicyclic) bond motifs is 7. The van der Waals surface area contributed by atoms with Gasteiger partial charge in [0, 0.05) is 0 Å². The highest BCUT2D eigenvalue weighted by Gasteiger charge is 2.54. The number of nitrogens with one attached hydrogen (secondary N) is 1. The number of carboxylic acids is 1. The van der Waals surface area contributed by atoms with Crippen molar-refractivity contribution >= 4 is 11.7 Å². The number of ether oxygens (including phenoxy) is 1. The molecule has 2 aromatic carbocycles. The fourth-order valence-corrected chi connectivity index (χ4v) is 5.86. The van der Waals surface area contributed by atoms with Crippen LogP contribution in [0.1, 0.15) is 52.7 Å². The molecule has 5 rings (SSSR count). The van der Waals surface area contributed by atoms with E-state index in [0.717, 1.165) is 17.4 Å². The van der Waals surface area contributed by atoms with E-state index in [9.17, 15) is 9.90 Å². The van der Waals surface area contributed by atoms with Gasteiger partial charge in [0.05, 0.1) is 24.4 Å². The van der Waals surface area contributed by atoms with E-state index >= 15 is 0 Å². The van der Waals surface area contributed by atoms with Crippen LogP contribution in [0, 0.1) is 17.8 Å². The van der Waals surface area contributed by atoms with Gasteiger partial charge < -0.3 is 15.2 Å². The lowest BCUT2D eigenvalue weighted by molar-refractivity contribution is 0.0697. The number of methoxy groups -OCH3 is 1. The van der Waals surface area contributed by atoms with Gasteiger partial charge in [-0.1, -0.05) is 24.3 Å². The summed E-state index contributed by atoms with van der Waals surface area (Å²) in [5.41, 5.74) is 3.61. The molecule has 1 heterocycles. The number of para-hydroxylation sites is 1. The van der Waals surface area contributed by atoms with Crippen molar-refractivity contribution in [3.8, 4) is 5.75 Å². The Hall–Kier alpha value is -2.49. The molecule has 2 aromatic rings. The second-order valence-corrected chi connectivity index (χ2v) is 7.91. The summed E-state index contributed by atoms with van der Waals surface area (Å²) in [6.07, 6.45) is 3.84. The Morgan fingerprint density at radius 1 is 1.15 bits per heavy atom. The summed E-state index contributed by atoms with van der Waals surface area (Å²) in [6.45, 7) is 0. The number of carboxylic acid groups (broad SMARTS) is 1. The fourth-order valence-electron chi connectivity index (χ4n) is 5.86. The van der Waals surface area contributed by atoms with Gasteiger partial charge in [-0.3, -0.25) is 0 Å². The highest BCUT2D eigenvalue weighted by Crippen LogP contribution is 2.64. The Bertz CT molecular complexity index is 877. The molecule has 0 saturated heterocycles. The van der Waals surface area contributed by atoms with Gasteiger partial charge in [0.15, 0.2) is 0 Å². The molecule has 0 amide bonds. The van der Waals surface area contributed by atoms with Crippen molar-refractivity contribution in [1.29, 1.82) is 0 Å². The van der Waals surface area contributed by atoms with Gasteiger partial charge in [0.25, 0.3) is 0 Å². The van der Waals surface area contributed by atoms with Crippen LogP contribution in [0.2, 0.25) is 0 Å². The Balaban J connectivity index is 1.66. The molecule has 2 fully saturated rings. The largest absolute Gasteiger partial charge is 0.497 e. The number of carbonyl (C=O) groups is 1. The zero-order chi connectivity index (χ0) is 17.8. The molecule has 1 aliphatic heterocycles. The molecule has 0 spiro atoms. The second kappa shape index (κ2) is 5.76. The van der Waals surface area contributed by atoms with Crippen LogP contribution in [0.4, 0.5) is 5.69 Å². The predicted molar refractivity (Wildman–Crippen MR) is 99.8 cm³/mol. The molecule has 26 heavy (non-hydrogen) atoms. The lowest BCUT2D eigenvalue weighted by Gasteiger charge is -2.44. The van der Waals surface area contributed by atoms with Crippen molar-refractivity contribution in [3.63, 3.8) is 0 Å². The number of rotatable bonds is 3. The molecule has 134 valence electrons. The molecule has 4 nitrogen and oxygen atoms in total. The van der Waals surface area contributed by atoms with E-state index in [4.69, 9.17) is 4.74 Å². The molecule has 0 unspecified atom stereocenters. The van der Waals surface area contributed by atoms with Gasteiger partial charge in [-0.2, -0.15) is 0 Å². The monoisotopic (exact) mass is 349 g/mol. The van der Waals surface area contributed by atoms with E-state index < -0.39 is 5.97 Å². The smallest absolute Gasteiger partial charge is 0.337 e. The number of aromatic carboxylic acids is 1. The van der Waals surface area contributed by atoms with E-state index in [1.165, 1.54) is 30.4 Å². The minimum atomic E-state index is -0.861. The molecule has 2 N–H and O–H groups in total. The van der Waals surface area contributed by atoms with Gasteiger partial charge in [-0.15, -0.1) is 0 Å². The highest BCUT2D eigenvalue weighted by molar-refractivity contribution is 5.95. The summed E-state index contributed by atoms with van der Waals surface area (Å²) in [5.74, 6) is 2.37. The van der Waals surface area contributed by atoms with Crippen molar-refractivity contribution in [3.05, 3.63) is 59.2 Å².